The van der Waals surface area contributed by atoms with Crippen molar-refractivity contribution in [2.24, 2.45) is 5.92 Å². The molecule has 0 spiro atoms. The monoisotopic (exact) mass is 405 g/mol. The molecule has 1 aromatic rings. The van der Waals surface area contributed by atoms with E-state index in [0.717, 1.165) is 30.6 Å². The molecule has 1 aromatic carbocycles. The van der Waals surface area contributed by atoms with Crippen LogP contribution >= 0.6 is 15.9 Å². The number of carbonyl (C=O) groups is 2. The van der Waals surface area contributed by atoms with Gasteiger partial charge in [-0.05, 0) is 37.0 Å². The predicted octanol–water partition coefficient (Wildman–Crippen LogP) is 2.99. The molecule has 4 unspecified atom stereocenters. The number of methoxy groups -OCH3 is 1. The second-order valence-corrected chi connectivity index (χ2v) is 8.17. The molecule has 5 nitrogen and oxygen atoms in total. The number of hydrogen-bond acceptors (Lipinski definition) is 4. The summed E-state index contributed by atoms with van der Waals surface area (Å²) in [5, 5.41) is 0. The van der Waals surface area contributed by atoms with Crippen molar-refractivity contribution < 1.29 is 19.1 Å². The fraction of sp³-hybridized carbons (Fsp3) is 0.474. The van der Waals surface area contributed by atoms with E-state index < -0.39 is 6.04 Å². The molecule has 4 atom stereocenters. The average Bonchev–Trinajstić information content (AvgIpc) is 2.88. The van der Waals surface area contributed by atoms with Crippen molar-refractivity contribution in [3.8, 4) is 5.75 Å². The normalized spacial score (nSPS) is 31.6. The lowest BCUT2D eigenvalue weighted by atomic mass is 9.77. The summed E-state index contributed by atoms with van der Waals surface area (Å²) in [5.41, 5.74) is 1.41. The lowest BCUT2D eigenvalue weighted by Gasteiger charge is -2.37. The lowest BCUT2D eigenvalue weighted by molar-refractivity contribution is -0.134. The van der Waals surface area contributed by atoms with Crippen molar-refractivity contribution >= 4 is 27.6 Å². The summed E-state index contributed by atoms with van der Waals surface area (Å²) in [6.45, 7) is 0. The molecule has 0 saturated heterocycles. The van der Waals surface area contributed by atoms with E-state index in [1.54, 1.807) is 19.1 Å². The van der Waals surface area contributed by atoms with Gasteiger partial charge >= 0.3 is 0 Å². The minimum Gasteiger partial charge on any atom is -0.497 e. The standard InChI is InChI=1S/C19H20BrNO4/c1-21-16(10-3-6-12(24-2)7-4-10)15-17(22)13-9-11(20)5-8-14(13)25-18(15)19(21)23/h3-4,6-7,11,13-14,16H,5,8-9H2,1-2H3. The molecule has 132 valence electrons. The van der Waals surface area contributed by atoms with Gasteiger partial charge in [0.2, 0.25) is 0 Å². The highest BCUT2D eigenvalue weighted by Crippen LogP contribution is 2.46. The zero-order valence-corrected chi connectivity index (χ0v) is 15.8. The molecule has 4 rings (SSSR count). The second kappa shape index (κ2) is 6.16. The van der Waals surface area contributed by atoms with E-state index in [1.807, 2.05) is 24.3 Å². The third-order valence-electron chi connectivity index (χ3n) is 5.45. The summed E-state index contributed by atoms with van der Waals surface area (Å²) in [6, 6.07) is 7.10. The molecular formula is C19H20BrNO4. The summed E-state index contributed by atoms with van der Waals surface area (Å²) < 4.78 is 11.2. The Hall–Kier alpha value is -1.82. The van der Waals surface area contributed by atoms with Gasteiger partial charge in [-0.15, -0.1) is 0 Å². The highest BCUT2D eigenvalue weighted by Gasteiger charge is 2.51. The van der Waals surface area contributed by atoms with Crippen LogP contribution in [0.4, 0.5) is 0 Å². The van der Waals surface area contributed by atoms with Crippen LogP contribution < -0.4 is 4.74 Å². The van der Waals surface area contributed by atoms with Crippen molar-refractivity contribution in [1.29, 1.82) is 0 Å². The smallest absolute Gasteiger partial charge is 0.289 e. The Morgan fingerprint density at radius 3 is 2.60 bits per heavy atom. The molecule has 6 heteroatoms. The number of fused-ring (bicyclic) bond motifs is 1. The van der Waals surface area contributed by atoms with E-state index >= 15 is 0 Å². The van der Waals surface area contributed by atoms with Gasteiger partial charge in [-0.2, -0.15) is 0 Å². The zero-order valence-electron chi connectivity index (χ0n) is 14.2. The van der Waals surface area contributed by atoms with Crippen LogP contribution in [0.25, 0.3) is 0 Å². The first-order valence-electron chi connectivity index (χ1n) is 8.51. The van der Waals surface area contributed by atoms with Crippen LogP contribution in [0, 0.1) is 5.92 Å². The first kappa shape index (κ1) is 16.6. The molecule has 25 heavy (non-hydrogen) atoms. The average molecular weight is 406 g/mol. The highest BCUT2D eigenvalue weighted by atomic mass is 79.9. The predicted molar refractivity (Wildman–Crippen MR) is 95.5 cm³/mol. The number of rotatable bonds is 2. The number of likely N-dealkylation sites (N-methyl/N-ethyl adjacent to an activating group) is 1. The minimum atomic E-state index is -0.391. The largest absolute Gasteiger partial charge is 0.497 e. The third kappa shape index (κ3) is 2.58. The number of alkyl halides is 1. The molecule has 0 aromatic heterocycles. The number of nitrogens with zero attached hydrogens (tertiary/aromatic N) is 1. The molecule has 0 bridgehead atoms. The van der Waals surface area contributed by atoms with Crippen LogP contribution in [-0.4, -0.2) is 41.7 Å². The van der Waals surface area contributed by atoms with Gasteiger partial charge in [0.1, 0.15) is 11.9 Å². The van der Waals surface area contributed by atoms with E-state index in [9.17, 15) is 9.59 Å². The van der Waals surface area contributed by atoms with Crippen molar-refractivity contribution in [2.45, 2.75) is 36.2 Å². The number of ketones is 1. The van der Waals surface area contributed by atoms with Crippen LogP contribution in [0.2, 0.25) is 0 Å². The summed E-state index contributed by atoms with van der Waals surface area (Å²) in [6.07, 6.45) is 2.34. The Kier molecular flexibility index (Phi) is 4.10. The van der Waals surface area contributed by atoms with E-state index in [2.05, 4.69) is 15.9 Å². The third-order valence-corrected chi connectivity index (χ3v) is 6.28. The van der Waals surface area contributed by atoms with Crippen molar-refractivity contribution in [2.75, 3.05) is 14.2 Å². The van der Waals surface area contributed by atoms with Gasteiger partial charge in [-0.3, -0.25) is 9.59 Å². The van der Waals surface area contributed by atoms with E-state index in [0.29, 0.717) is 10.4 Å². The number of hydrogen-bond donors (Lipinski definition) is 0. The van der Waals surface area contributed by atoms with Gasteiger partial charge in [-0.1, -0.05) is 28.1 Å². The molecule has 3 aliphatic rings. The molecule has 2 aliphatic heterocycles. The van der Waals surface area contributed by atoms with Crippen LogP contribution in [0.3, 0.4) is 0 Å². The van der Waals surface area contributed by atoms with Crippen LogP contribution in [0.15, 0.2) is 35.6 Å². The minimum absolute atomic E-state index is 0.0638. The first-order chi connectivity index (χ1) is 12.0. The van der Waals surface area contributed by atoms with Gasteiger partial charge in [0.15, 0.2) is 11.5 Å². The number of carbonyl (C=O) groups excluding carboxylic acids is 2. The fourth-order valence-corrected chi connectivity index (χ4v) is 4.77. The maximum Gasteiger partial charge on any atom is 0.289 e. The Bertz CT molecular complexity index is 757. The zero-order chi connectivity index (χ0) is 17.7. The maximum absolute atomic E-state index is 13.2. The number of ether oxygens (including phenoxy) is 2. The molecule has 1 aliphatic carbocycles. The summed E-state index contributed by atoms with van der Waals surface area (Å²) in [4.78, 5) is 27.8. The first-order valence-corrected chi connectivity index (χ1v) is 9.43. The van der Waals surface area contributed by atoms with Crippen LogP contribution in [0.1, 0.15) is 30.9 Å². The Morgan fingerprint density at radius 1 is 1.20 bits per heavy atom. The topological polar surface area (TPSA) is 55.8 Å². The quantitative estimate of drug-likeness (QED) is 0.709. The molecule has 2 heterocycles. The fourth-order valence-electron chi connectivity index (χ4n) is 4.11. The number of halogens is 1. The van der Waals surface area contributed by atoms with E-state index in [4.69, 9.17) is 9.47 Å². The molecular weight excluding hydrogens is 386 g/mol. The van der Waals surface area contributed by atoms with Gasteiger partial charge in [0.05, 0.1) is 24.6 Å². The number of amides is 1. The Labute approximate surface area is 155 Å². The highest BCUT2D eigenvalue weighted by molar-refractivity contribution is 9.09. The summed E-state index contributed by atoms with van der Waals surface area (Å²) in [7, 11) is 3.34. The summed E-state index contributed by atoms with van der Waals surface area (Å²) >= 11 is 3.63. The van der Waals surface area contributed by atoms with Crippen molar-refractivity contribution in [3.05, 3.63) is 41.2 Å². The van der Waals surface area contributed by atoms with E-state index in [-0.39, 0.29) is 29.5 Å². The lowest BCUT2D eigenvalue weighted by Crippen LogP contribution is -2.41. The van der Waals surface area contributed by atoms with Gasteiger partial charge in [0, 0.05) is 11.9 Å². The van der Waals surface area contributed by atoms with Gasteiger partial charge in [-0.25, -0.2) is 0 Å². The van der Waals surface area contributed by atoms with Gasteiger partial charge < -0.3 is 14.4 Å². The molecule has 1 saturated carbocycles. The SMILES string of the molecule is COc1ccc(C2C3=C(OC4CCC(Br)CC4C3=O)C(=O)N2C)cc1. The molecule has 0 radical (unpaired) electrons. The van der Waals surface area contributed by atoms with Crippen LogP contribution in [0.5, 0.6) is 5.75 Å². The molecule has 1 amide bonds. The maximum atomic E-state index is 13.2. The molecule has 0 N–H and O–H groups in total. The number of benzene rings is 1. The Morgan fingerprint density at radius 2 is 1.92 bits per heavy atom. The van der Waals surface area contributed by atoms with Gasteiger partial charge in [0.25, 0.3) is 5.91 Å². The second-order valence-electron chi connectivity index (χ2n) is 6.87. The summed E-state index contributed by atoms with van der Waals surface area (Å²) in [5.74, 6) is 0.683. The van der Waals surface area contributed by atoms with Crippen molar-refractivity contribution in [1.82, 2.24) is 4.90 Å². The van der Waals surface area contributed by atoms with Crippen molar-refractivity contribution in [3.63, 3.8) is 0 Å². The Balaban J connectivity index is 1.74. The van der Waals surface area contributed by atoms with E-state index in [1.165, 1.54) is 0 Å². The van der Waals surface area contributed by atoms with Crippen LogP contribution in [-0.2, 0) is 14.3 Å². The number of Topliss-reactive ketones (excluding diaryl/α,β-unsaturated/α-hetero) is 1. The molecule has 1 fully saturated rings.